The third-order valence-corrected chi connectivity index (χ3v) is 9.35. The van der Waals surface area contributed by atoms with Gasteiger partial charge in [-0.1, -0.05) is 35.6 Å². The zero-order valence-corrected chi connectivity index (χ0v) is 30.2. The van der Waals surface area contributed by atoms with Crippen molar-refractivity contribution < 1.29 is 28.5 Å². The second-order valence-corrected chi connectivity index (χ2v) is 13.0. The first kappa shape index (κ1) is 34.3. The zero-order chi connectivity index (χ0) is 33.7. The number of esters is 2. The maximum absolute atomic E-state index is 14.0. The summed E-state index contributed by atoms with van der Waals surface area (Å²) in [6.07, 6.45) is 1.79. The van der Waals surface area contributed by atoms with Crippen molar-refractivity contribution in [1.29, 1.82) is 0 Å². The Hall–Kier alpha value is -4.00. The number of fused-ring (bicyclic) bond motifs is 1. The molecule has 1 aliphatic heterocycles. The van der Waals surface area contributed by atoms with Crippen LogP contribution in [0, 0.1) is 0 Å². The first-order valence-electron chi connectivity index (χ1n) is 14.9. The van der Waals surface area contributed by atoms with Crippen molar-refractivity contribution in [3.8, 4) is 11.5 Å². The highest BCUT2D eigenvalue weighted by Gasteiger charge is 2.33. The Morgan fingerprint density at radius 3 is 2.15 bits per heavy atom. The summed E-state index contributed by atoms with van der Waals surface area (Å²) in [6, 6.07) is 17.4. The lowest BCUT2D eigenvalue weighted by Gasteiger charge is -2.24. The van der Waals surface area contributed by atoms with Gasteiger partial charge in [-0.25, -0.2) is 14.6 Å². The fraction of sp³-hybridized carbons (Fsp3) is 0.257. The maximum atomic E-state index is 14.0. The quantitative estimate of drug-likeness (QED) is 0.161. The predicted molar refractivity (Wildman–Crippen MR) is 187 cm³/mol. The molecule has 1 atom stereocenters. The van der Waals surface area contributed by atoms with Gasteiger partial charge in [-0.2, -0.15) is 0 Å². The van der Waals surface area contributed by atoms with Crippen LogP contribution in [0.5, 0.6) is 11.5 Å². The number of benzene rings is 3. The molecule has 9 nitrogen and oxygen atoms in total. The Balaban J connectivity index is 1.47. The number of halogens is 2. The summed E-state index contributed by atoms with van der Waals surface area (Å²) >= 11 is 8.47. The summed E-state index contributed by atoms with van der Waals surface area (Å²) < 4.78 is 25.5. The molecule has 1 aliphatic rings. The van der Waals surface area contributed by atoms with Crippen LogP contribution in [0.4, 0.5) is 0 Å². The summed E-state index contributed by atoms with van der Waals surface area (Å²) in [7, 11) is 0. The second kappa shape index (κ2) is 15.3. The van der Waals surface area contributed by atoms with Gasteiger partial charge in [0, 0.05) is 0 Å². The first-order valence-corrected chi connectivity index (χ1v) is 17.4. The Morgan fingerprint density at radius 2 is 1.53 bits per heavy atom. The Labute approximate surface area is 292 Å². The van der Waals surface area contributed by atoms with Crippen LogP contribution >= 0.6 is 43.2 Å². The van der Waals surface area contributed by atoms with Crippen molar-refractivity contribution in [3.63, 3.8) is 0 Å². The number of carbonyl (C=O) groups excluding carboxylic acids is 2. The fourth-order valence-electron chi connectivity index (χ4n) is 5.08. The molecule has 2 heterocycles. The Morgan fingerprint density at radius 1 is 0.894 bits per heavy atom. The van der Waals surface area contributed by atoms with Crippen LogP contribution in [0.3, 0.4) is 0 Å². The molecule has 0 unspecified atom stereocenters. The molecule has 244 valence electrons. The third kappa shape index (κ3) is 7.61. The molecule has 0 fully saturated rings. The molecule has 0 amide bonds. The Kier molecular flexibility index (Phi) is 11.2. The number of carbonyl (C=O) groups is 2. The van der Waals surface area contributed by atoms with Gasteiger partial charge in [0.1, 0.15) is 18.1 Å². The summed E-state index contributed by atoms with van der Waals surface area (Å²) in [6.45, 7) is 8.47. The summed E-state index contributed by atoms with van der Waals surface area (Å²) in [5.74, 6) is 0.399. The summed E-state index contributed by atoms with van der Waals surface area (Å²) in [5.41, 5.74) is 3.38. The lowest BCUT2D eigenvalue weighted by molar-refractivity contribution is -0.139. The molecule has 0 saturated carbocycles. The van der Waals surface area contributed by atoms with Gasteiger partial charge in [0.15, 0.2) is 4.80 Å². The van der Waals surface area contributed by atoms with E-state index < -0.39 is 12.0 Å². The first-order chi connectivity index (χ1) is 22.6. The summed E-state index contributed by atoms with van der Waals surface area (Å²) in [4.78, 5) is 44.3. The molecule has 1 aromatic heterocycles. The number of ether oxygens (including phenoxy) is 4. The largest absolute Gasteiger partial charge is 0.494 e. The summed E-state index contributed by atoms with van der Waals surface area (Å²) in [5, 5.41) is 0. The van der Waals surface area contributed by atoms with E-state index in [9.17, 15) is 14.4 Å². The van der Waals surface area contributed by atoms with Gasteiger partial charge >= 0.3 is 11.9 Å². The molecule has 5 rings (SSSR count). The highest BCUT2D eigenvalue weighted by Crippen LogP contribution is 2.36. The molecule has 0 radical (unpaired) electrons. The Bertz CT molecular complexity index is 1990. The molecular formula is C35H32Br2N2O7S. The number of thiazole rings is 1. The van der Waals surface area contributed by atoms with E-state index in [4.69, 9.17) is 18.9 Å². The highest BCUT2D eigenvalue weighted by atomic mass is 79.9. The molecule has 0 spiro atoms. The number of hydrogen-bond donors (Lipinski definition) is 0. The molecule has 47 heavy (non-hydrogen) atoms. The van der Waals surface area contributed by atoms with E-state index in [1.54, 1.807) is 43.5 Å². The van der Waals surface area contributed by atoms with Crippen molar-refractivity contribution in [2.24, 2.45) is 4.99 Å². The van der Waals surface area contributed by atoms with Gasteiger partial charge in [0.25, 0.3) is 5.56 Å². The zero-order valence-electron chi connectivity index (χ0n) is 26.2. The van der Waals surface area contributed by atoms with E-state index in [2.05, 4.69) is 36.9 Å². The standard InChI is InChI=1S/C35H32Br2N2O7S/c1-5-43-25-14-12-23(13-15-25)30-29(34(42)45-7-3)20(4)38-35-39(30)32(40)28(47-35)18-22-16-26(36)31(27(37)17-22)46-19-21-8-10-24(11-9-21)33(41)44-6-2/h8-18,30H,5-7,19H2,1-4H3/b28-18-/t30-/m1/s1. The van der Waals surface area contributed by atoms with Crippen LogP contribution in [0.15, 0.2) is 90.7 Å². The topological polar surface area (TPSA) is 105 Å². The van der Waals surface area contributed by atoms with E-state index in [0.29, 0.717) is 59.8 Å². The van der Waals surface area contributed by atoms with Gasteiger partial charge in [-0.15, -0.1) is 0 Å². The normalized spacial score (nSPS) is 14.3. The SMILES string of the molecule is CCOC(=O)C1=C(C)N=c2s/c(=C\c3cc(Br)c(OCc4ccc(C(=O)OCC)cc4)c(Br)c3)c(=O)n2[C@@H]1c1ccc(OCC)cc1. The number of nitrogens with zero attached hydrogens (tertiary/aromatic N) is 2. The average molecular weight is 785 g/mol. The van der Waals surface area contributed by atoms with Crippen molar-refractivity contribution in [2.45, 2.75) is 40.3 Å². The molecular weight excluding hydrogens is 752 g/mol. The number of allylic oxidation sites excluding steroid dienone is 1. The molecule has 0 N–H and O–H groups in total. The van der Waals surface area contributed by atoms with Crippen LogP contribution in [0.25, 0.3) is 6.08 Å². The molecule has 0 aliphatic carbocycles. The van der Waals surface area contributed by atoms with Crippen LogP contribution < -0.4 is 24.4 Å². The number of rotatable bonds is 11. The van der Waals surface area contributed by atoms with Crippen molar-refractivity contribution in [3.05, 3.63) is 123 Å². The van der Waals surface area contributed by atoms with E-state index >= 15 is 0 Å². The minimum Gasteiger partial charge on any atom is -0.494 e. The van der Waals surface area contributed by atoms with Gasteiger partial charge in [0.05, 0.1) is 56.2 Å². The van der Waals surface area contributed by atoms with Gasteiger partial charge < -0.3 is 18.9 Å². The maximum Gasteiger partial charge on any atom is 0.338 e. The minimum atomic E-state index is -0.719. The monoisotopic (exact) mass is 782 g/mol. The number of hydrogen-bond acceptors (Lipinski definition) is 9. The third-order valence-electron chi connectivity index (χ3n) is 7.19. The molecule has 0 saturated heterocycles. The van der Waals surface area contributed by atoms with Crippen molar-refractivity contribution in [2.75, 3.05) is 19.8 Å². The lowest BCUT2D eigenvalue weighted by Crippen LogP contribution is -2.39. The molecule has 4 aromatic rings. The smallest absolute Gasteiger partial charge is 0.338 e. The molecule has 12 heteroatoms. The van der Waals surface area contributed by atoms with Gasteiger partial charge in [0.2, 0.25) is 0 Å². The predicted octanol–water partition coefficient (Wildman–Crippen LogP) is 6.48. The molecule has 0 bridgehead atoms. The van der Waals surface area contributed by atoms with Crippen LogP contribution in [0.1, 0.15) is 60.8 Å². The van der Waals surface area contributed by atoms with E-state index in [-0.39, 0.29) is 24.7 Å². The van der Waals surface area contributed by atoms with E-state index in [1.165, 1.54) is 11.3 Å². The van der Waals surface area contributed by atoms with Gasteiger partial charge in [-0.3, -0.25) is 9.36 Å². The average Bonchev–Trinajstić information content (AvgIpc) is 3.34. The fourth-order valence-corrected chi connectivity index (χ4v) is 7.58. The van der Waals surface area contributed by atoms with Crippen LogP contribution in [0.2, 0.25) is 0 Å². The second-order valence-electron chi connectivity index (χ2n) is 10.3. The van der Waals surface area contributed by atoms with Crippen LogP contribution in [-0.4, -0.2) is 36.3 Å². The lowest BCUT2D eigenvalue weighted by atomic mass is 9.96. The minimum absolute atomic E-state index is 0.196. The van der Waals surface area contributed by atoms with E-state index in [0.717, 1.165) is 16.7 Å². The van der Waals surface area contributed by atoms with Crippen molar-refractivity contribution in [1.82, 2.24) is 4.57 Å². The highest BCUT2D eigenvalue weighted by molar-refractivity contribution is 9.11. The van der Waals surface area contributed by atoms with Gasteiger partial charge in [-0.05, 0) is 119 Å². The van der Waals surface area contributed by atoms with E-state index in [1.807, 2.05) is 55.5 Å². The molecule has 3 aromatic carbocycles. The number of aromatic nitrogens is 1. The van der Waals surface area contributed by atoms with Crippen molar-refractivity contribution >= 4 is 61.2 Å². The van der Waals surface area contributed by atoms with Crippen LogP contribution in [-0.2, 0) is 20.9 Å².